The molecule has 0 heterocycles. The van der Waals surface area contributed by atoms with Gasteiger partial charge in [-0.05, 0) is 11.6 Å². The molecule has 0 radical (unpaired) electrons. The number of aliphatic hydroxyl groups excluding tert-OH is 1. The third-order valence-electron chi connectivity index (χ3n) is 3.10. The zero-order valence-corrected chi connectivity index (χ0v) is 9.98. The van der Waals surface area contributed by atoms with Gasteiger partial charge in [0.05, 0.1) is 6.10 Å². The van der Waals surface area contributed by atoms with Crippen molar-refractivity contribution in [2.24, 2.45) is 0 Å². The third-order valence-corrected chi connectivity index (χ3v) is 3.10. The van der Waals surface area contributed by atoms with Crippen molar-refractivity contribution in [1.82, 2.24) is 0 Å². The van der Waals surface area contributed by atoms with Gasteiger partial charge in [0.15, 0.2) is 11.6 Å². The molecule has 0 aliphatic carbocycles. The van der Waals surface area contributed by atoms with Crippen LogP contribution in [-0.2, 0) is 0 Å². The molecule has 2 rings (SSSR count). The van der Waals surface area contributed by atoms with E-state index >= 15 is 0 Å². The molecule has 0 spiro atoms. The quantitative estimate of drug-likeness (QED) is 0.875. The lowest BCUT2D eigenvalue weighted by molar-refractivity contribution is 0.146. The van der Waals surface area contributed by atoms with Crippen LogP contribution in [0.25, 0.3) is 0 Å². The molecule has 1 nitrogen and oxygen atoms in total. The van der Waals surface area contributed by atoms with Crippen molar-refractivity contribution in [3.05, 3.63) is 71.3 Å². The summed E-state index contributed by atoms with van der Waals surface area (Å²) in [7, 11) is 0. The van der Waals surface area contributed by atoms with Crippen LogP contribution >= 0.6 is 0 Å². The van der Waals surface area contributed by atoms with Gasteiger partial charge in [0.25, 0.3) is 0 Å². The predicted molar refractivity (Wildman–Crippen MR) is 66.2 cm³/mol. The Kier molecular flexibility index (Phi) is 3.72. The van der Waals surface area contributed by atoms with E-state index in [0.717, 1.165) is 11.6 Å². The molecular formula is C15H14F2O. The van der Waals surface area contributed by atoms with Gasteiger partial charge < -0.3 is 5.11 Å². The highest BCUT2D eigenvalue weighted by atomic mass is 19.2. The summed E-state index contributed by atoms with van der Waals surface area (Å²) in [6, 6.07) is 13.1. The van der Waals surface area contributed by atoms with Crippen molar-refractivity contribution >= 4 is 0 Å². The summed E-state index contributed by atoms with van der Waals surface area (Å²) < 4.78 is 26.7. The van der Waals surface area contributed by atoms with E-state index in [4.69, 9.17) is 0 Å². The van der Waals surface area contributed by atoms with E-state index in [1.54, 1.807) is 6.92 Å². The lowest BCUT2D eigenvalue weighted by Gasteiger charge is -2.20. The van der Waals surface area contributed by atoms with Crippen LogP contribution in [0.2, 0.25) is 0 Å². The van der Waals surface area contributed by atoms with E-state index in [1.165, 1.54) is 12.1 Å². The Morgan fingerprint density at radius 3 is 2.28 bits per heavy atom. The first kappa shape index (κ1) is 12.7. The largest absolute Gasteiger partial charge is 0.388 e. The second-order valence-corrected chi connectivity index (χ2v) is 4.29. The Balaban J connectivity index is 2.31. The van der Waals surface area contributed by atoms with Crippen molar-refractivity contribution in [3.63, 3.8) is 0 Å². The third kappa shape index (κ3) is 2.41. The Hall–Kier alpha value is -1.74. The summed E-state index contributed by atoms with van der Waals surface area (Å²) in [4.78, 5) is 0. The average molecular weight is 248 g/mol. The van der Waals surface area contributed by atoms with Gasteiger partial charge in [0.2, 0.25) is 0 Å². The van der Waals surface area contributed by atoms with Crippen LogP contribution in [0.1, 0.15) is 30.1 Å². The number of hydrogen-bond donors (Lipinski definition) is 1. The van der Waals surface area contributed by atoms with Crippen LogP contribution in [0, 0.1) is 11.6 Å². The maximum Gasteiger partial charge on any atom is 0.164 e. The monoisotopic (exact) mass is 248 g/mol. The number of rotatable bonds is 3. The summed E-state index contributed by atoms with van der Waals surface area (Å²) in [5, 5.41) is 10.1. The van der Waals surface area contributed by atoms with E-state index in [9.17, 15) is 13.9 Å². The standard InChI is InChI=1S/C15H14F2O/c1-10(11-6-3-2-4-7-11)15(18)12-8-5-9-13(16)14(12)17/h2-10,15,18H,1H3. The molecule has 0 aliphatic heterocycles. The molecule has 0 amide bonds. The molecule has 18 heavy (non-hydrogen) atoms. The molecule has 2 unspecified atom stereocenters. The van der Waals surface area contributed by atoms with Crippen molar-refractivity contribution in [2.45, 2.75) is 18.9 Å². The number of hydrogen-bond acceptors (Lipinski definition) is 1. The van der Waals surface area contributed by atoms with Crippen molar-refractivity contribution in [1.29, 1.82) is 0 Å². The highest BCUT2D eigenvalue weighted by Crippen LogP contribution is 2.32. The smallest absolute Gasteiger partial charge is 0.164 e. The zero-order chi connectivity index (χ0) is 13.1. The first-order valence-corrected chi connectivity index (χ1v) is 5.78. The van der Waals surface area contributed by atoms with Gasteiger partial charge in [-0.15, -0.1) is 0 Å². The molecular weight excluding hydrogens is 234 g/mol. The second kappa shape index (κ2) is 5.27. The summed E-state index contributed by atoms with van der Waals surface area (Å²) in [6.07, 6.45) is -1.07. The SMILES string of the molecule is CC(c1ccccc1)C(O)c1cccc(F)c1F. The van der Waals surface area contributed by atoms with Gasteiger partial charge in [-0.3, -0.25) is 0 Å². The summed E-state index contributed by atoms with van der Waals surface area (Å²) in [5.74, 6) is -2.22. The fourth-order valence-corrected chi connectivity index (χ4v) is 1.96. The maximum absolute atomic E-state index is 13.6. The fourth-order valence-electron chi connectivity index (χ4n) is 1.96. The molecule has 2 aromatic carbocycles. The zero-order valence-electron chi connectivity index (χ0n) is 9.98. The fraction of sp³-hybridized carbons (Fsp3) is 0.200. The average Bonchev–Trinajstić information content (AvgIpc) is 2.41. The molecule has 2 aromatic rings. The number of aliphatic hydroxyl groups is 1. The van der Waals surface area contributed by atoms with Gasteiger partial charge >= 0.3 is 0 Å². The van der Waals surface area contributed by atoms with Crippen LogP contribution < -0.4 is 0 Å². The lowest BCUT2D eigenvalue weighted by Crippen LogP contribution is -2.10. The van der Waals surface area contributed by atoms with Crippen LogP contribution in [0.15, 0.2) is 48.5 Å². The van der Waals surface area contributed by atoms with E-state index in [-0.39, 0.29) is 11.5 Å². The molecule has 0 saturated carbocycles. The molecule has 0 bridgehead atoms. The van der Waals surface area contributed by atoms with Crippen LogP contribution in [0.4, 0.5) is 8.78 Å². The topological polar surface area (TPSA) is 20.2 Å². The molecule has 0 aromatic heterocycles. The van der Waals surface area contributed by atoms with Crippen LogP contribution in [0.3, 0.4) is 0 Å². The van der Waals surface area contributed by atoms with Gasteiger partial charge in [-0.1, -0.05) is 49.4 Å². The minimum absolute atomic E-state index is 0.00801. The Bertz CT molecular complexity index is 525. The lowest BCUT2D eigenvalue weighted by atomic mass is 9.90. The van der Waals surface area contributed by atoms with E-state index < -0.39 is 17.7 Å². The van der Waals surface area contributed by atoms with Gasteiger partial charge in [-0.2, -0.15) is 0 Å². The minimum atomic E-state index is -1.07. The van der Waals surface area contributed by atoms with Crippen molar-refractivity contribution < 1.29 is 13.9 Å². The highest BCUT2D eigenvalue weighted by molar-refractivity contribution is 5.27. The van der Waals surface area contributed by atoms with Crippen molar-refractivity contribution in [2.75, 3.05) is 0 Å². The van der Waals surface area contributed by atoms with Gasteiger partial charge in [0, 0.05) is 11.5 Å². The van der Waals surface area contributed by atoms with Crippen molar-refractivity contribution in [3.8, 4) is 0 Å². The molecule has 2 atom stereocenters. The van der Waals surface area contributed by atoms with E-state index in [0.29, 0.717) is 0 Å². The summed E-state index contributed by atoms with van der Waals surface area (Å²) in [5.41, 5.74) is 0.875. The summed E-state index contributed by atoms with van der Waals surface area (Å²) >= 11 is 0. The van der Waals surface area contributed by atoms with Crippen LogP contribution in [0.5, 0.6) is 0 Å². The van der Waals surface area contributed by atoms with Gasteiger partial charge in [-0.25, -0.2) is 8.78 Å². The van der Waals surface area contributed by atoms with E-state index in [1.807, 2.05) is 30.3 Å². The van der Waals surface area contributed by atoms with Crippen LogP contribution in [-0.4, -0.2) is 5.11 Å². The maximum atomic E-state index is 13.6. The number of halogens is 2. The molecule has 3 heteroatoms. The van der Waals surface area contributed by atoms with Gasteiger partial charge in [0.1, 0.15) is 0 Å². The first-order valence-electron chi connectivity index (χ1n) is 5.78. The minimum Gasteiger partial charge on any atom is -0.388 e. The number of benzene rings is 2. The first-order chi connectivity index (χ1) is 8.61. The Labute approximate surface area is 105 Å². The molecule has 0 aliphatic rings. The second-order valence-electron chi connectivity index (χ2n) is 4.29. The van der Waals surface area contributed by atoms with E-state index in [2.05, 4.69) is 0 Å². The highest BCUT2D eigenvalue weighted by Gasteiger charge is 2.22. The predicted octanol–water partition coefficient (Wildman–Crippen LogP) is 3.80. The molecule has 0 saturated heterocycles. The summed E-state index contributed by atoms with van der Waals surface area (Å²) in [6.45, 7) is 1.78. The Morgan fingerprint density at radius 1 is 0.944 bits per heavy atom. The molecule has 0 fully saturated rings. The normalized spacial score (nSPS) is 14.2. The molecule has 1 N–H and O–H groups in total. The Morgan fingerprint density at radius 2 is 1.61 bits per heavy atom. The molecule has 94 valence electrons.